The van der Waals surface area contributed by atoms with Crippen LogP contribution < -0.4 is 10.2 Å². The van der Waals surface area contributed by atoms with Crippen molar-refractivity contribution in [2.45, 2.75) is 45.1 Å². The van der Waals surface area contributed by atoms with Crippen molar-refractivity contribution >= 4 is 5.82 Å². The molecule has 1 fully saturated rings. The minimum Gasteiger partial charge on any atom is -0.351 e. The van der Waals surface area contributed by atoms with Crippen molar-refractivity contribution in [3.05, 3.63) is 17.8 Å². The largest absolute Gasteiger partial charge is 0.351 e. The number of nitrogens with one attached hydrogen (secondary N) is 1. The molecule has 0 radical (unpaired) electrons. The zero-order chi connectivity index (χ0) is 13.7. The van der Waals surface area contributed by atoms with Crippen LogP contribution in [0.1, 0.15) is 38.3 Å². The highest BCUT2D eigenvalue weighted by Gasteiger charge is 2.26. The van der Waals surface area contributed by atoms with Crippen molar-refractivity contribution in [3.8, 4) is 0 Å². The van der Waals surface area contributed by atoms with Crippen LogP contribution in [-0.4, -0.2) is 36.1 Å². The number of aryl methyl sites for hydroxylation is 1. The van der Waals surface area contributed by atoms with Gasteiger partial charge in [-0.25, -0.2) is 14.4 Å². The summed E-state index contributed by atoms with van der Waals surface area (Å²) in [4.78, 5) is 10.3. The minimum atomic E-state index is -0.235. The van der Waals surface area contributed by atoms with Gasteiger partial charge in [-0.05, 0) is 45.7 Å². The summed E-state index contributed by atoms with van der Waals surface area (Å²) in [5, 5.41) is 3.17. The van der Waals surface area contributed by atoms with Crippen molar-refractivity contribution in [1.82, 2.24) is 15.3 Å². The Bertz CT molecular complexity index is 410. The van der Waals surface area contributed by atoms with Gasteiger partial charge in [-0.1, -0.05) is 6.92 Å². The van der Waals surface area contributed by atoms with Crippen LogP contribution in [0.4, 0.5) is 10.2 Å². The topological polar surface area (TPSA) is 41.1 Å². The van der Waals surface area contributed by atoms with Gasteiger partial charge in [0, 0.05) is 12.6 Å². The van der Waals surface area contributed by atoms with Crippen LogP contribution in [0.2, 0.25) is 0 Å². The van der Waals surface area contributed by atoms with Gasteiger partial charge in [0.1, 0.15) is 6.33 Å². The number of anilines is 1. The summed E-state index contributed by atoms with van der Waals surface area (Å²) in [6, 6.07) is 0.385. The standard InChI is InChI=1S/C14H23FN4/c1-3-12-13(15)14(18-10-17-12)19-9-5-4-6-11(19)7-8-16-2/h10-11,16H,3-9H2,1-2H3. The lowest BCUT2D eigenvalue weighted by atomic mass is 9.99. The number of hydrogen-bond donors (Lipinski definition) is 1. The predicted octanol–water partition coefficient (Wildman–Crippen LogP) is 2.15. The number of rotatable bonds is 5. The smallest absolute Gasteiger partial charge is 0.187 e. The van der Waals surface area contributed by atoms with E-state index in [0.717, 1.165) is 32.4 Å². The monoisotopic (exact) mass is 266 g/mol. The lowest BCUT2D eigenvalue weighted by molar-refractivity contribution is 0.422. The maximum Gasteiger partial charge on any atom is 0.187 e. The van der Waals surface area contributed by atoms with Crippen LogP contribution in [0.3, 0.4) is 0 Å². The van der Waals surface area contributed by atoms with Crippen molar-refractivity contribution < 1.29 is 4.39 Å². The van der Waals surface area contributed by atoms with Crippen molar-refractivity contribution in [1.29, 1.82) is 0 Å². The number of piperidine rings is 1. The third-order valence-electron chi connectivity index (χ3n) is 3.80. The Morgan fingerprint density at radius 2 is 2.26 bits per heavy atom. The lowest BCUT2D eigenvalue weighted by Gasteiger charge is -2.37. The van der Waals surface area contributed by atoms with Gasteiger partial charge in [0.05, 0.1) is 5.69 Å². The molecule has 0 spiro atoms. The Kier molecular flexibility index (Phi) is 5.07. The normalized spacial score (nSPS) is 19.7. The fourth-order valence-corrected chi connectivity index (χ4v) is 2.73. The zero-order valence-electron chi connectivity index (χ0n) is 11.8. The first-order valence-electron chi connectivity index (χ1n) is 7.18. The molecule has 0 bridgehead atoms. The fourth-order valence-electron chi connectivity index (χ4n) is 2.73. The van der Waals surface area contributed by atoms with Crippen LogP contribution in [0.25, 0.3) is 0 Å². The Hall–Kier alpha value is -1.23. The van der Waals surface area contributed by atoms with Gasteiger partial charge in [0.25, 0.3) is 0 Å². The molecule has 1 aromatic heterocycles. The second-order valence-electron chi connectivity index (χ2n) is 5.05. The quantitative estimate of drug-likeness (QED) is 0.886. The average Bonchev–Trinajstić information content (AvgIpc) is 2.46. The minimum absolute atomic E-state index is 0.235. The predicted molar refractivity (Wildman–Crippen MR) is 74.9 cm³/mol. The number of hydrogen-bond acceptors (Lipinski definition) is 4. The van der Waals surface area contributed by atoms with E-state index in [4.69, 9.17) is 0 Å². The summed E-state index contributed by atoms with van der Waals surface area (Å²) in [6.07, 6.45) is 6.57. The molecule has 1 unspecified atom stereocenters. The van der Waals surface area contributed by atoms with Crippen molar-refractivity contribution in [3.63, 3.8) is 0 Å². The third kappa shape index (κ3) is 3.21. The van der Waals surface area contributed by atoms with E-state index in [2.05, 4.69) is 20.2 Å². The molecule has 4 nitrogen and oxygen atoms in total. The molecular weight excluding hydrogens is 243 g/mol. The van der Waals surface area contributed by atoms with Gasteiger partial charge in [-0.15, -0.1) is 0 Å². The molecule has 0 aliphatic carbocycles. The number of nitrogens with zero attached hydrogens (tertiary/aromatic N) is 3. The second-order valence-corrected chi connectivity index (χ2v) is 5.05. The number of halogens is 1. The molecule has 1 aliphatic rings. The highest BCUT2D eigenvalue weighted by Crippen LogP contribution is 2.27. The van der Waals surface area contributed by atoms with Crippen molar-refractivity contribution in [2.75, 3.05) is 25.0 Å². The molecule has 1 saturated heterocycles. The molecule has 1 aliphatic heterocycles. The first kappa shape index (κ1) is 14.2. The Labute approximate surface area is 114 Å². The van der Waals surface area contributed by atoms with E-state index >= 15 is 0 Å². The van der Waals surface area contributed by atoms with E-state index in [0.29, 0.717) is 24.0 Å². The Morgan fingerprint density at radius 1 is 1.42 bits per heavy atom. The van der Waals surface area contributed by atoms with E-state index < -0.39 is 0 Å². The molecule has 106 valence electrons. The van der Waals surface area contributed by atoms with Gasteiger partial charge < -0.3 is 10.2 Å². The van der Waals surface area contributed by atoms with E-state index in [1.807, 2.05) is 14.0 Å². The molecule has 0 saturated carbocycles. The highest BCUT2D eigenvalue weighted by molar-refractivity contribution is 5.42. The fraction of sp³-hybridized carbons (Fsp3) is 0.714. The van der Waals surface area contributed by atoms with Gasteiger partial charge in [0.15, 0.2) is 11.6 Å². The van der Waals surface area contributed by atoms with Gasteiger partial charge in [-0.2, -0.15) is 0 Å². The van der Waals surface area contributed by atoms with Crippen LogP contribution in [0.15, 0.2) is 6.33 Å². The van der Waals surface area contributed by atoms with E-state index in [1.54, 1.807) is 0 Å². The molecule has 1 atom stereocenters. The van der Waals surface area contributed by atoms with E-state index in [1.165, 1.54) is 12.7 Å². The molecule has 1 N–H and O–H groups in total. The highest BCUT2D eigenvalue weighted by atomic mass is 19.1. The maximum atomic E-state index is 14.4. The van der Waals surface area contributed by atoms with Crippen LogP contribution in [0.5, 0.6) is 0 Å². The summed E-state index contributed by atoms with van der Waals surface area (Å²) in [5.74, 6) is 0.258. The molecule has 1 aromatic rings. The molecule has 5 heteroatoms. The summed E-state index contributed by atoms with van der Waals surface area (Å²) in [5.41, 5.74) is 0.517. The van der Waals surface area contributed by atoms with Gasteiger partial charge in [-0.3, -0.25) is 0 Å². The SMILES string of the molecule is CCc1ncnc(N2CCCCC2CCNC)c1F. The Balaban J connectivity index is 2.21. The Morgan fingerprint density at radius 3 is 3.00 bits per heavy atom. The second kappa shape index (κ2) is 6.80. The van der Waals surface area contributed by atoms with Crippen LogP contribution in [0, 0.1) is 5.82 Å². The zero-order valence-corrected chi connectivity index (χ0v) is 11.8. The third-order valence-corrected chi connectivity index (χ3v) is 3.80. The average molecular weight is 266 g/mol. The van der Waals surface area contributed by atoms with Gasteiger partial charge in [0.2, 0.25) is 0 Å². The first-order valence-corrected chi connectivity index (χ1v) is 7.18. The number of aromatic nitrogens is 2. The molecule has 0 aromatic carbocycles. The molecular formula is C14H23FN4. The van der Waals surface area contributed by atoms with E-state index in [9.17, 15) is 4.39 Å². The summed E-state index contributed by atoms with van der Waals surface area (Å²) < 4.78 is 14.4. The molecule has 2 rings (SSSR count). The van der Waals surface area contributed by atoms with Crippen molar-refractivity contribution in [2.24, 2.45) is 0 Å². The first-order chi connectivity index (χ1) is 9.27. The summed E-state index contributed by atoms with van der Waals surface area (Å²) in [6.45, 7) is 3.77. The van der Waals surface area contributed by atoms with E-state index in [-0.39, 0.29) is 5.82 Å². The maximum absolute atomic E-state index is 14.4. The lowest BCUT2D eigenvalue weighted by Crippen LogP contribution is -2.42. The molecule has 2 heterocycles. The van der Waals surface area contributed by atoms with Crippen LogP contribution >= 0.6 is 0 Å². The molecule has 19 heavy (non-hydrogen) atoms. The summed E-state index contributed by atoms with van der Waals surface area (Å²) in [7, 11) is 1.95. The van der Waals surface area contributed by atoms with Gasteiger partial charge >= 0.3 is 0 Å². The molecule has 0 amide bonds. The van der Waals surface area contributed by atoms with Crippen LogP contribution in [-0.2, 0) is 6.42 Å². The summed E-state index contributed by atoms with van der Waals surface area (Å²) >= 11 is 0.